The number of hydrogen-bond donors (Lipinski definition) is 2. The molecule has 1 aromatic heterocycles. The molecule has 2 rings (SSSR count). The van der Waals surface area contributed by atoms with Crippen molar-refractivity contribution in [2.45, 2.75) is 31.7 Å². The second-order valence-electron chi connectivity index (χ2n) is 4.20. The zero-order valence-corrected chi connectivity index (χ0v) is 9.35. The van der Waals surface area contributed by atoms with Crippen LogP contribution in [0.4, 0.5) is 5.82 Å². The number of anilines is 1. The molecule has 2 heterocycles. The average Bonchev–Trinajstić information content (AvgIpc) is 2.53. The van der Waals surface area contributed by atoms with E-state index in [9.17, 15) is 4.79 Å². The minimum atomic E-state index is -0.106. The lowest BCUT2D eigenvalue weighted by atomic mass is 10.1. The van der Waals surface area contributed by atoms with Crippen molar-refractivity contribution >= 4 is 5.82 Å². The Hall–Kier alpha value is -1.36. The highest BCUT2D eigenvalue weighted by Gasteiger charge is 2.20. The summed E-state index contributed by atoms with van der Waals surface area (Å²) in [6.07, 6.45) is 6.13. The Morgan fingerprint density at radius 1 is 1.50 bits per heavy atom. The maximum atomic E-state index is 11.3. The zero-order valence-electron chi connectivity index (χ0n) is 9.35. The Kier molecular flexibility index (Phi) is 3.56. The molecule has 88 valence electrons. The van der Waals surface area contributed by atoms with Crippen LogP contribution in [0.25, 0.3) is 0 Å². The number of nitrogens with two attached hydrogens (primary N) is 1. The summed E-state index contributed by atoms with van der Waals surface area (Å²) in [5.41, 5.74) is 5.68. The first-order valence-electron chi connectivity index (χ1n) is 5.82. The van der Waals surface area contributed by atoms with E-state index >= 15 is 0 Å². The molecule has 0 aromatic carbocycles. The molecule has 1 atom stereocenters. The fourth-order valence-electron chi connectivity index (χ4n) is 2.24. The molecule has 1 fully saturated rings. The summed E-state index contributed by atoms with van der Waals surface area (Å²) in [7, 11) is 0. The van der Waals surface area contributed by atoms with E-state index in [1.807, 2.05) is 0 Å². The van der Waals surface area contributed by atoms with Crippen LogP contribution in [0.2, 0.25) is 0 Å². The third kappa shape index (κ3) is 2.41. The fourth-order valence-corrected chi connectivity index (χ4v) is 2.24. The van der Waals surface area contributed by atoms with Crippen LogP contribution in [-0.4, -0.2) is 29.1 Å². The van der Waals surface area contributed by atoms with Gasteiger partial charge in [0.1, 0.15) is 5.82 Å². The first kappa shape index (κ1) is 11.1. The van der Waals surface area contributed by atoms with Gasteiger partial charge in [-0.1, -0.05) is 12.8 Å². The van der Waals surface area contributed by atoms with Gasteiger partial charge in [-0.3, -0.25) is 4.79 Å². The second kappa shape index (κ2) is 5.12. The van der Waals surface area contributed by atoms with Gasteiger partial charge in [0.15, 0.2) is 0 Å². The first-order valence-corrected chi connectivity index (χ1v) is 5.82. The van der Waals surface area contributed by atoms with Gasteiger partial charge in [-0.15, -0.1) is 0 Å². The molecule has 16 heavy (non-hydrogen) atoms. The van der Waals surface area contributed by atoms with Crippen molar-refractivity contribution in [1.29, 1.82) is 0 Å². The van der Waals surface area contributed by atoms with E-state index in [1.165, 1.54) is 19.2 Å². The highest BCUT2D eigenvalue weighted by atomic mass is 16.1. The lowest BCUT2D eigenvalue weighted by Gasteiger charge is -2.29. The summed E-state index contributed by atoms with van der Waals surface area (Å²) in [5, 5.41) is 0. The minimum absolute atomic E-state index is 0.106. The molecule has 0 aliphatic carbocycles. The topological polar surface area (TPSA) is 75.0 Å². The molecular weight excluding hydrogens is 204 g/mol. The summed E-state index contributed by atoms with van der Waals surface area (Å²) >= 11 is 0. The molecule has 1 aliphatic rings. The van der Waals surface area contributed by atoms with E-state index in [1.54, 1.807) is 6.07 Å². The highest BCUT2D eigenvalue weighted by Crippen LogP contribution is 2.20. The smallest absolute Gasteiger partial charge is 0.252 e. The predicted molar refractivity (Wildman–Crippen MR) is 63.5 cm³/mol. The van der Waals surface area contributed by atoms with Crippen LogP contribution in [0.15, 0.2) is 17.2 Å². The third-order valence-corrected chi connectivity index (χ3v) is 3.11. The second-order valence-corrected chi connectivity index (χ2v) is 4.20. The standard InChI is InChI=1S/C11H18N4O/c12-7-9-4-2-1-3-5-15(9)10-6-11(16)14-8-13-10/h6,8-9H,1-5,7,12H2,(H,13,14,16). The van der Waals surface area contributed by atoms with Crippen molar-refractivity contribution in [2.75, 3.05) is 18.0 Å². The number of nitrogens with zero attached hydrogens (tertiary/aromatic N) is 2. The number of aromatic amines is 1. The normalized spacial score (nSPS) is 21.8. The molecule has 1 unspecified atom stereocenters. The summed E-state index contributed by atoms with van der Waals surface area (Å²) in [6.45, 7) is 1.56. The van der Waals surface area contributed by atoms with Crippen molar-refractivity contribution in [1.82, 2.24) is 9.97 Å². The van der Waals surface area contributed by atoms with Crippen LogP contribution >= 0.6 is 0 Å². The SMILES string of the molecule is NCC1CCCCCN1c1cc(=O)[nH]cn1. The monoisotopic (exact) mass is 222 g/mol. The highest BCUT2D eigenvalue weighted by molar-refractivity contribution is 5.38. The predicted octanol–water partition coefficient (Wildman–Crippen LogP) is 0.478. The third-order valence-electron chi connectivity index (χ3n) is 3.11. The quantitative estimate of drug-likeness (QED) is 0.763. The van der Waals surface area contributed by atoms with Crippen LogP contribution in [0.5, 0.6) is 0 Å². The zero-order chi connectivity index (χ0) is 11.4. The van der Waals surface area contributed by atoms with E-state index in [2.05, 4.69) is 14.9 Å². The Morgan fingerprint density at radius 3 is 3.12 bits per heavy atom. The largest absolute Gasteiger partial charge is 0.352 e. The molecule has 0 bridgehead atoms. The van der Waals surface area contributed by atoms with Gasteiger partial charge in [0.05, 0.1) is 6.33 Å². The number of rotatable bonds is 2. The molecule has 0 amide bonds. The van der Waals surface area contributed by atoms with Crippen LogP contribution in [0.1, 0.15) is 25.7 Å². The molecule has 0 spiro atoms. The maximum Gasteiger partial charge on any atom is 0.252 e. The van der Waals surface area contributed by atoms with E-state index < -0.39 is 0 Å². The van der Waals surface area contributed by atoms with Crippen LogP contribution in [0, 0.1) is 0 Å². The van der Waals surface area contributed by atoms with Gasteiger partial charge in [-0.25, -0.2) is 4.98 Å². The molecule has 3 N–H and O–H groups in total. The lowest BCUT2D eigenvalue weighted by Crippen LogP contribution is -2.41. The molecule has 0 radical (unpaired) electrons. The van der Waals surface area contributed by atoms with Crippen LogP contribution in [-0.2, 0) is 0 Å². The van der Waals surface area contributed by atoms with Gasteiger partial charge in [-0.2, -0.15) is 0 Å². The lowest BCUT2D eigenvalue weighted by molar-refractivity contribution is 0.575. The van der Waals surface area contributed by atoms with Crippen molar-refractivity contribution in [3.05, 3.63) is 22.7 Å². The van der Waals surface area contributed by atoms with Gasteiger partial charge in [0.2, 0.25) is 0 Å². The molecule has 1 aromatic rings. The summed E-state index contributed by atoms with van der Waals surface area (Å²) in [5.74, 6) is 0.751. The number of nitrogens with one attached hydrogen (secondary N) is 1. The van der Waals surface area contributed by atoms with Crippen LogP contribution < -0.4 is 16.2 Å². The van der Waals surface area contributed by atoms with Crippen molar-refractivity contribution in [3.63, 3.8) is 0 Å². The van der Waals surface area contributed by atoms with E-state index in [0.29, 0.717) is 12.6 Å². The minimum Gasteiger partial charge on any atom is -0.352 e. The van der Waals surface area contributed by atoms with Gasteiger partial charge in [0.25, 0.3) is 5.56 Å². The average molecular weight is 222 g/mol. The van der Waals surface area contributed by atoms with Gasteiger partial charge in [-0.05, 0) is 12.8 Å². The van der Waals surface area contributed by atoms with Gasteiger partial charge < -0.3 is 15.6 Å². The van der Waals surface area contributed by atoms with Crippen molar-refractivity contribution in [2.24, 2.45) is 5.73 Å². The van der Waals surface area contributed by atoms with E-state index in [-0.39, 0.29) is 5.56 Å². The maximum absolute atomic E-state index is 11.3. The van der Waals surface area contributed by atoms with Gasteiger partial charge >= 0.3 is 0 Å². The Labute approximate surface area is 94.7 Å². The molecule has 1 saturated heterocycles. The summed E-state index contributed by atoms with van der Waals surface area (Å²) in [6, 6.07) is 1.87. The number of hydrogen-bond acceptors (Lipinski definition) is 4. The van der Waals surface area contributed by atoms with Crippen LogP contribution in [0.3, 0.4) is 0 Å². The number of aromatic nitrogens is 2. The first-order chi connectivity index (χ1) is 7.81. The fraction of sp³-hybridized carbons (Fsp3) is 0.636. The van der Waals surface area contributed by atoms with E-state index in [0.717, 1.165) is 25.2 Å². The summed E-state index contributed by atoms with van der Waals surface area (Å²) in [4.78, 5) is 20.2. The molecule has 0 saturated carbocycles. The number of H-pyrrole nitrogens is 1. The van der Waals surface area contributed by atoms with E-state index in [4.69, 9.17) is 5.73 Å². The Bertz CT molecular complexity index is 390. The molecule has 5 nitrogen and oxygen atoms in total. The molecule has 5 heteroatoms. The van der Waals surface area contributed by atoms with Gasteiger partial charge in [0, 0.05) is 25.2 Å². The van der Waals surface area contributed by atoms with Crippen molar-refractivity contribution < 1.29 is 0 Å². The summed E-state index contributed by atoms with van der Waals surface area (Å²) < 4.78 is 0. The Morgan fingerprint density at radius 2 is 2.38 bits per heavy atom. The molecular formula is C11H18N4O. The van der Waals surface area contributed by atoms with Crippen molar-refractivity contribution in [3.8, 4) is 0 Å². The Balaban J connectivity index is 2.25. The molecule has 1 aliphatic heterocycles.